The van der Waals surface area contributed by atoms with Gasteiger partial charge in [0, 0.05) is 17.0 Å². The minimum Gasteiger partial charge on any atom is -0.288 e. The van der Waals surface area contributed by atoms with Crippen LogP contribution in [0.25, 0.3) is 22.2 Å². The first-order valence-electron chi connectivity index (χ1n) is 9.66. The molecule has 5 heteroatoms. The Morgan fingerprint density at radius 3 is 2.10 bits per heavy atom. The number of amides is 2. The number of carbonyl (C=O) groups is 2. The number of aryl methyl sites for hydroxylation is 1. The average molecular weight is 398 g/mol. The van der Waals surface area contributed by atoms with E-state index in [4.69, 9.17) is 0 Å². The number of fused-ring (bicyclic) bond motifs is 2. The highest BCUT2D eigenvalue weighted by atomic mass is 19.1. The van der Waals surface area contributed by atoms with Crippen molar-refractivity contribution in [1.82, 2.24) is 10.3 Å². The molecule has 1 N–H and O–H groups in total. The van der Waals surface area contributed by atoms with Crippen LogP contribution in [-0.2, 0) is 6.42 Å². The van der Waals surface area contributed by atoms with E-state index in [-0.39, 0.29) is 17.6 Å². The van der Waals surface area contributed by atoms with Gasteiger partial charge in [-0.05, 0) is 42.3 Å². The minimum absolute atomic E-state index is 0.247. The highest BCUT2D eigenvalue weighted by molar-refractivity contribution is 6.21. The molecule has 2 amide bonds. The van der Waals surface area contributed by atoms with Gasteiger partial charge >= 0.3 is 0 Å². The molecule has 0 atom stereocenters. The Morgan fingerprint density at radius 1 is 0.833 bits per heavy atom. The van der Waals surface area contributed by atoms with Crippen molar-refractivity contribution in [2.24, 2.45) is 0 Å². The van der Waals surface area contributed by atoms with E-state index in [1.165, 1.54) is 17.7 Å². The third-order valence-electron chi connectivity index (χ3n) is 4.93. The lowest BCUT2D eigenvalue weighted by Gasteiger charge is -2.09. The molecule has 0 fully saturated rings. The smallest absolute Gasteiger partial charge is 0.258 e. The third-order valence-corrected chi connectivity index (χ3v) is 4.93. The van der Waals surface area contributed by atoms with Crippen LogP contribution in [0.3, 0.4) is 0 Å². The lowest BCUT2D eigenvalue weighted by molar-refractivity contribution is 0.0879. The van der Waals surface area contributed by atoms with Gasteiger partial charge in [-0.1, -0.05) is 49.4 Å². The predicted molar refractivity (Wildman–Crippen MR) is 115 cm³/mol. The Balaban J connectivity index is 0.000000168. The number of halogens is 1. The van der Waals surface area contributed by atoms with E-state index in [0.29, 0.717) is 16.6 Å². The molecular formula is C25H19FN2O2. The highest BCUT2D eigenvalue weighted by Gasteiger charge is 2.25. The zero-order chi connectivity index (χ0) is 21.1. The Hall–Kier alpha value is -3.86. The summed E-state index contributed by atoms with van der Waals surface area (Å²) in [5.41, 5.74) is 4.85. The van der Waals surface area contributed by atoms with Crippen molar-refractivity contribution in [3.8, 4) is 11.3 Å². The van der Waals surface area contributed by atoms with Gasteiger partial charge in [0.2, 0.25) is 0 Å². The zero-order valence-corrected chi connectivity index (χ0v) is 16.4. The molecular weight excluding hydrogens is 379 g/mol. The predicted octanol–water partition coefficient (Wildman–Crippen LogP) is 5.17. The number of pyridine rings is 1. The molecule has 5 rings (SSSR count). The van der Waals surface area contributed by atoms with Crippen molar-refractivity contribution in [2.75, 3.05) is 0 Å². The fraction of sp³-hybridized carbons (Fsp3) is 0.0800. The van der Waals surface area contributed by atoms with Crippen LogP contribution in [0.1, 0.15) is 33.2 Å². The van der Waals surface area contributed by atoms with Crippen molar-refractivity contribution in [1.29, 1.82) is 0 Å². The van der Waals surface area contributed by atoms with Crippen LogP contribution < -0.4 is 5.32 Å². The summed E-state index contributed by atoms with van der Waals surface area (Å²) in [5, 5.41) is 3.19. The summed E-state index contributed by atoms with van der Waals surface area (Å²) in [6.45, 7) is 2.11. The zero-order valence-electron chi connectivity index (χ0n) is 16.4. The summed E-state index contributed by atoms with van der Waals surface area (Å²) in [6, 6.07) is 23.6. The number of nitrogens with zero attached hydrogens (tertiary/aromatic N) is 1. The van der Waals surface area contributed by atoms with Crippen molar-refractivity contribution < 1.29 is 14.0 Å². The normalized spacial score (nSPS) is 12.2. The molecule has 2 heterocycles. The van der Waals surface area contributed by atoms with Gasteiger partial charge in [-0.25, -0.2) is 9.37 Å². The van der Waals surface area contributed by atoms with Gasteiger partial charge in [0.15, 0.2) is 0 Å². The van der Waals surface area contributed by atoms with Crippen LogP contribution >= 0.6 is 0 Å². The summed E-state index contributed by atoms with van der Waals surface area (Å²) in [5.74, 6) is -0.848. The summed E-state index contributed by atoms with van der Waals surface area (Å²) < 4.78 is 13.3. The quantitative estimate of drug-likeness (QED) is 0.474. The number of rotatable bonds is 2. The van der Waals surface area contributed by atoms with Gasteiger partial charge in [-0.15, -0.1) is 0 Å². The molecule has 0 aliphatic carbocycles. The number of hydrogen-bond donors (Lipinski definition) is 1. The molecule has 0 spiro atoms. The molecule has 0 bridgehead atoms. The van der Waals surface area contributed by atoms with Gasteiger partial charge in [0.1, 0.15) is 5.82 Å². The topological polar surface area (TPSA) is 59.1 Å². The Morgan fingerprint density at radius 2 is 1.47 bits per heavy atom. The third kappa shape index (κ3) is 3.82. The lowest BCUT2D eigenvalue weighted by atomic mass is 10.0. The molecule has 0 unspecified atom stereocenters. The maximum atomic E-state index is 13.3. The fourth-order valence-corrected chi connectivity index (χ4v) is 3.42. The first-order valence-corrected chi connectivity index (χ1v) is 9.66. The molecule has 1 aliphatic heterocycles. The molecule has 1 aromatic heterocycles. The van der Waals surface area contributed by atoms with Crippen LogP contribution in [0.15, 0.2) is 78.9 Å². The van der Waals surface area contributed by atoms with E-state index in [1.807, 2.05) is 30.3 Å². The van der Waals surface area contributed by atoms with Crippen LogP contribution in [0.5, 0.6) is 0 Å². The Kier molecular flexibility index (Phi) is 5.35. The Labute approximate surface area is 173 Å². The van der Waals surface area contributed by atoms with Crippen molar-refractivity contribution in [2.45, 2.75) is 13.3 Å². The summed E-state index contributed by atoms with van der Waals surface area (Å²) in [6.07, 6.45) is 0.907. The number of nitrogens with one attached hydrogen (secondary N) is 1. The van der Waals surface area contributed by atoms with Crippen molar-refractivity contribution >= 4 is 22.7 Å². The summed E-state index contributed by atoms with van der Waals surface area (Å²) in [4.78, 5) is 26.5. The second-order valence-corrected chi connectivity index (χ2v) is 6.88. The van der Waals surface area contributed by atoms with E-state index in [0.717, 1.165) is 23.1 Å². The summed E-state index contributed by atoms with van der Waals surface area (Å²) >= 11 is 0. The lowest BCUT2D eigenvalue weighted by Crippen LogP contribution is -2.19. The second-order valence-electron chi connectivity index (χ2n) is 6.88. The van der Waals surface area contributed by atoms with E-state index in [1.54, 1.807) is 30.3 Å². The molecule has 1 aliphatic rings. The SMILES string of the molecule is CCc1cc2ccc(F)cc2nc1-c1ccccc1.O=C1NC(=O)c2ccccc21. The number of carbonyl (C=O) groups excluding carboxylic acids is 2. The molecule has 0 saturated carbocycles. The first kappa shape index (κ1) is 19.5. The number of hydrogen-bond acceptors (Lipinski definition) is 3. The van der Waals surface area contributed by atoms with Crippen LogP contribution in [0.4, 0.5) is 4.39 Å². The van der Waals surface area contributed by atoms with Crippen LogP contribution in [0.2, 0.25) is 0 Å². The van der Waals surface area contributed by atoms with Crippen LogP contribution in [0, 0.1) is 5.82 Å². The van der Waals surface area contributed by atoms with E-state index in [9.17, 15) is 14.0 Å². The highest BCUT2D eigenvalue weighted by Crippen LogP contribution is 2.26. The molecule has 30 heavy (non-hydrogen) atoms. The monoisotopic (exact) mass is 398 g/mol. The van der Waals surface area contributed by atoms with Gasteiger partial charge in [-0.2, -0.15) is 0 Å². The van der Waals surface area contributed by atoms with Gasteiger partial charge in [0.05, 0.1) is 22.3 Å². The minimum atomic E-state index is -0.300. The van der Waals surface area contributed by atoms with Gasteiger partial charge in [0.25, 0.3) is 11.8 Å². The number of imide groups is 1. The molecule has 0 saturated heterocycles. The van der Waals surface area contributed by atoms with Gasteiger partial charge in [-0.3, -0.25) is 14.9 Å². The Bertz CT molecular complexity index is 1220. The largest absolute Gasteiger partial charge is 0.288 e. The molecule has 148 valence electrons. The van der Waals surface area contributed by atoms with Crippen LogP contribution in [-0.4, -0.2) is 16.8 Å². The molecule has 4 aromatic rings. The second kappa shape index (κ2) is 8.25. The maximum Gasteiger partial charge on any atom is 0.258 e. The van der Waals surface area contributed by atoms with Crippen molar-refractivity contribution in [3.05, 3.63) is 101 Å². The molecule has 4 nitrogen and oxygen atoms in total. The molecule has 3 aromatic carbocycles. The fourth-order valence-electron chi connectivity index (χ4n) is 3.42. The van der Waals surface area contributed by atoms with E-state index >= 15 is 0 Å². The van der Waals surface area contributed by atoms with Gasteiger partial charge < -0.3 is 0 Å². The number of aromatic nitrogens is 1. The van der Waals surface area contributed by atoms with E-state index < -0.39 is 0 Å². The standard InChI is InChI=1S/C17H14FN.C8H5NO2/c1-2-12-10-14-8-9-15(18)11-16(14)19-17(12)13-6-4-3-5-7-13;10-7-5-3-1-2-4-6(5)8(11)9-7/h3-11H,2H2,1H3;1-4H,(H,9,10,11). The van der Waals surface area contributed by atoms with E-state index in [2.05, 4.69) is 23.3 Å². The number of benzene rings is 3. The average Bonchev–Trinajstić information content (AvgIpc) is 3.07. The molecule has 0 radical (unpaired) electrons. The summed E-state index contributed by atoms with van der Waals surface area (Å²) in [7, 11) is 0. The maximum absolute atomic E-state index is 13.3. The first-order chi connectivity index (χ1) is 14.6. The van der Waals surface area contributed by atoms with Crippen molar-refractivity contribution in [3.63, 3.8) is 0 Å².